The third-order valence-corrected chi connectivity index (χ3v) is 2.60. The van der Waals surface area contributed by atoms with Crippen molar-refractivity contribution in [2.24, 2.45) is 5.92 Å². The third-order valence-electron chi connectivity index (χ3n) is 2.60. The molecule has 1 heterocycles. The molecule has 18 heavy (non-hydrogen) atoms. The highest BCUT2D eigenvalue weighted by atomic mass is 16.3. The first-order chi connectivity index (χ1) is 8.54. The molecule has 0 saturated heterocycles. The van der Waals surface area contributed by atoms with Crippen molar-refractivity contribution in [1.29, 1.82) is 0 Å². The number of nitrogens with one attached hydrogen (secondary N) is 1. The fourth-order valence-electron chi connectivity index (χ4n) is 1.76. The Kier molecular flexibility index (Phi) is 5.85. The number of aliphatic hydroxyl groups is 1. The lowest BCUT2D eigenvalue weighted by Crippen LogP contribution is -2.29. The molecule has 0 aliphatic carbocycles. The summed E-state index contributed by atoms with van der Waals surface area (Å²) in [6.45, 7) is 7.17. The summed E-state index contributed by atoms with van der Waals surface area (Å²) in [5, 5.41) is 12.5. The zero-order valence-corrected chi connectivity index (χ0v) is 11.4. The largest absolute Gasteiger partial charge is 0.391 e. The fourth-order valence-corrected chi connectivity index (χ4v) is 1.76. The summed E-state index contributed by atoms with van der Waals surface area (Å²) in [6, 6.07) is 0. The van der Waals surface area contributed by atoms with Crippen molar-refractivity contribution < 1.29 is 5.11 Å². The van der Waals surface area contributed by atoms with Gasteiger partial charge in [0.25, 0.3) is 5.56 Å². The van der Waals surface area contributed by atoms with Gasteiger partial charge in [-0.2, -0.15) is 0 Å². The summed E-state index contributed by atoms with van der Waals surface area (Å²) in [4.78, 5) is 16.1. The van der Waals surface area contributed by atoms with Crippen LogP contribution in [0.5, 0.6) is 0 Å². The van der Waals surface area contributed by atoms with E-state index >= 15 is 0 Å². The summed E-state index contributed by atoms with van der Waals surface area (Å²) in [5.74, 6) is 0.719. The third kappa shape index (κ3) is 4.49. The molecule has 0 aliphatic heterocycles. The minimum atomic E-state index is -0.435. The SMILES string of the molecule is CCCC(O)CNc1nccn(CC(C)C)c1=O. The van der Waals surface area contributed by atoms with Gasteiger partial charge in [0.15, 0.2) is 5.82 Å². The van der Waals surface area contributed by atoms with Gasteiger partial charge in [0.05, 0.1) is 6.10 Å². The Hall–Kier alpha value is -1.36. The second-order valence-corrected chi connectivity index (χ2v) is 4.95. The Bertz CT molecular complexity index is 415. The molecule has 0 aliphatic rings. The van der Waals surface area contributed by atoms with Crippen LogP contribution in [0.2, 0.25) is 0 Å². The zero-order chi connectivity index (χ0) is 13.5. The van der Waals surface area contributed by atoms with E-state index in [4.69, 9.17) is 0 Å². The lowest BCUT2D eigenvalue weighted by molar-refractivity contribution is 0.176. The van der Waals surface area contributed by atoms with E-state index in [9.17, 15) is 9.90 Å². The van der Waals surface area contributed by atoms with Crippen LogP contribution < -0.4 is 10.9 Å². The highest BCUT2D eigenvalue weighted by molar-refractivity contribution is 5.30. The van der Waals surface area contributed by atoms with Crippen molar-refractivity contribution in [3.63, 3.8) is 0 Å². The highest BCUT2D eigenvalue weighted by Crippen LogP contribution is 2.00. The van der Waals surface area contributed by atoms with Crippen LogP contribution in [0.1, 0.15) is 33.6 Å². The normalized spacial score (nSPS) is 12.7. The van der Waals surface area contributed by atoms with E-state index in [1.54, 1.807) is 17.0 Å². The van der Waals surface area contributed by atoms with Gasteiger partial charge in [-0.25, -0.2) is 4.98 Å². The molecule has 5 nitrogen and oxygen atoms in total. The van der Waals surface area contributed by atoms with Gasteiger partial charge >= 0.3 is 0 Å². The van der Waals surface area contributed by atoms with Gasteiger partial charge < -0.3 is 15.0 Å². The number of hydrogen-bond donors (Lipinski definition) is 2. The minimum Gasteiger partial charge on any atom is -0.391 e. The predicted octanol–water partition coefficient (Wildman–Crippen LogP) is 1.47. The standard InChI is InChI=1S/C13H23N3O2/c1-4-5-11(17)8-15-12-13(18)16(7-6-14-12)9-10(2)3/h6-7,10-11,17H,4-5,8-9H2,1-3H3,(H,14,15). The van der Waals surface area contributed by atoms with Crippen LogP contribution in [0.4, 0.5) is 5.82 Å². The Morgan fingerprint density at radius 1 is 1.50 bits per heavy atom. The van der Waals surface area contributed by atoms with Crippen molar-refractivity contribution in [2.45, 2.75) is 46.3 Å². The van der Waals surface area contributed by atoms with Crippen molar-refractivity contribution in [3.8, 4) is 0 Å². The molecule has 5 heteroatoms. The molecule has 0 bridgehead atoms. The van der Waals surface area contributed by atoms with Crippen molar-refractivity contribution in [1.82, 2.24) is 9.55 Å². The van der Waals surface area contributed by atoms with Gasteiger partial charge in [0.1, 0.15) is 0 Å². The first-order valence-electron chi connectivity index (χ1n) is 6.52. The Labute approximate surface area is 108 Å². The second-order valence-electron chi connectivity index (χ2n) is 4.95. The Balaban J connectivity index is 2.69. The molecule has 0 fully saturated rings. The topological polar surface area (TPSA) is 67.2 Å². The molecule has 1 atom stereocenters. The van der Waals surface area contributed by atoms with E-state index in [-0.39, 0.29) is 5.56 Å². The van der Waals surface area contributed by atoms with Crippen LogP contribution in [-0.4, -0.2) is 27.3 Å². The number of hydrogen-bond acceptors (Lipinski definition) is 4. The molecule has 0 saturated carbocycles. The molecular formula is C13H23N3O2. The number of aromatic nitrogens is 2. The average Bonchev–Trinajstić information content (AvgIpc) is 2.30. The van der Waals surface area contributed by atoms with E-state index in [1.165, 1.54) is 0 Å². The molecular weight excluding hydrogens is 230 g/mol. The summed E-state index contributed by atoms with van der Waals surface area (Å²) in [7, 11) is 0. The van der Waals surface area contributed by atoms with Crippen LogP contribution >= 0.6 is 0 Å². The van der Waals surface area contributed by atoms with Gasteiger partial charge in [-0.1, -0.05) is 27.2 Å². The van der Waals surface area contributed by atoms with Crippen LogP contribution in [0.15, 0.2) is 17.2 Å². The maximum Gasteiger partial charge on any atom is 0.293 e. The lowest BCUT2D eigenvalue weighted by atomic mass is 10.2. The number of aliphatic hydroxyl groups excluding tert-OH is 1. The Morgan fingerprint density at radius 2 is 2.22 bits per heavy atom. The molecule has 1 rings (SSSR count). The first kappa shape index (κ1) is 14.7. The maximum absolute atomic E-state index is 12.0. The zero-order valence-electron chi connectivity index (χ0n) is 11.4. The van der Waals surface area contributed by atoms with Crippen molar-refractivity contribution in [3.05, 3.63) is 22.7 Å². The quantitative estimate of drug-likeness (QED) is 0.772. The Morgan fingerprint density at radius 3 is 2.83 bits per heavy atom. The van der Waals surface area contributed by atoms with Gasteiger partial charge in [-0.15, -0.1) is 0 Å². The molecule has 1 aromatic rings. The summed E-state index contributed by atoms with van der Waals surface area (Å²) in [5.41, 5.74) is -0.130. The van der Waals surface area contributed by atoms with E-state index in [0.717, 1.165) is 12.8 Å². The molecule has 1 unspecified atom stereocenters. The maximum atomic E-state index is 12.0. The fraction of sp³-hybridized carbons (Fsp3) is 0.692. The van der Waals surface area contributed by atoms with E-state index < -0.39 is 6.10 Å². The molecule has 2 N–H and O–H groups in total. The summed E-state index contributed by atoms with van der Waals surface area (Å²) >= 11 is 0. The van der Waals surface area contributed by atoms with E-state index in [0.29, 0.717) is 24.8 Å². The van der Waals surface area contributed by atoms with Gasteiger partial charge in [-0.3, -0.25) is 4.79 Å². The molecule has 102 valence electrons. The second kappa shape index (κ2) is 7.16. The molecule has 0 radical (unpaired) electrons. The van der Waals surface area contributed by atoms with Gasteiger partial charge in [0.2, 0.25) is 0 Å². The van der Waals surface area contributed by atoms with Gasteiger partial charge in [-0.05, 0) is 12.3 Å². The lowest BCUT2D eigenvalue weighted by Gasteiger charge is -2.13. The average molecular weight is 253 g/mol. The van der Waals surface area contributed by atoms with Crippen LogP contribution in [0.25, 0.3) is 0 Å². The number of rotatable bonds is 7. The molecule has 1 aromatic heterocycles. The smallest absolute Gasteiger partial charge is 0.293 e. The summed E-state index contributed by atoms with van der Waals surface area (Å²) < 4.78 is 1.65. The monoisotopic (exact) mass is 253 g/mol. The van der Waals surface area contributed by atoms with E-state index in [2.05, 4.69) is 24.1 Å². The minimum absolute atomic E-state index is 0.130. The van der Waals surface area contributed by atoms with Crippen molar-refractivity contribution >= 4 is 5.82 Å². The molecule has 0 spiro atoms. The molecule has 0 amide bonds. The van der Waals surface area contributed by atoms with Crippen LogP contribution in [-0.2, 0) is 6.54 Å². The first-order valence-corrected chi connectivity index (χ1v) is 6.52. The number of anilines is 1. The number of nitrogens with zero attached hydrogens (tertiary/aromatic N) is 2. The van der Waals surface area contributed by atoms with E-state index in [1.807, 2.05) is 6.92 Å². The van der Waals surface area contributed by atoms with Crippen LogP contribution in [0, 0.1) is 5.92 Å². The highest BCUT2D eigenvalue weighted by Gasteiger charge is 2.08. The molecule has 0 aromatic carbocycles. The predicted molar refractivity (Wildman–Crippen MR) is 72.7 cm³/mol. The van der Waals surface area contributed by atoms with Crippen molar-refractivity contribution in [2.75, 3.05) is 11.9 Å². The van der Waals surface area contributed by atoms with Gasteiger partial charge in [0, 0.05) is 25.5 Å². The van der Waals surface area contributed by atoms with Crippen LogP contribution in [0.3, 0.4) is 0 Å². The summed E-state index contributed by atoms with van der Waals surface area (Å²) in [6.07, 6.45) is 4.51.